The molecule has 0 aromatic heterocycles. The SMILES string of the molecule is CCOc1cc([C@@H]2C(C(=O)OC(C)C)=C(C)N=C3C[C@@H](c4ccc(OC)c(OC)c4)CC(=O)C32)cc(Br)c1OC. The molecule has 214 valence electrons. The van der Waals surface area contributed by atoms with Crippen molar-refractivity contribution in [2.45, 2.75) is 58.5 Å². The maximum Gasteiger partial charge on any atom is 0.336 e. The monoisotopic (exact) mass is 613 g/mol. The molecule has 1 saturated carbocycles. The van der Waals surface area contributed by atoms with E-state index in [4.69, 9.17) is 28.7 Å². The van der Waals surface area contributed by atoms with Crippen molar-refractivity contribution in [1.82, 2.24) is 0 Å². The molecule has 2 aromatic carbocycles. The van der Waals surface area contributed by atoms with Crippen LogP contribution in [-0.4, -0.2) is 51.5 Å². The second kappa shape index (κ2) is 12.5. The van der Waals surface area contributed by atoms with Crippen molar-refractivity contribution in [1.29, 1.82) is 0 Å². The molecule has 0 bridgehead atoms. The van der Waals surface area contributed by atoms with Crippen LogP contribution in [0.2, 0.25) is 0 Å². The topological polar surface area (TPSA) is 92.7 Å². The molecule has 2 aromatic rings. The van der Waals surface area contributed by atoms with Gasteiger partial charge >= 0.3 is 5.97 Å². The number of esters is 1. The molecular formula is C31H36BrNO7. The number of Topliss-reactive ketones (excluding diaryl/α,β-unsaturated/α-hetero) is 1. The van der Waals surface area contributed by atoms with Crippen molar-refractivity contribution in [2.24, 2.45) is 10.9 Å². The minimum Gasteiger partial charge on any atom is -0.493 e. The molecule has 0 spiro atoms. The van der Waals surface area contributed by atoms with Gasteiger partial charge in [-0.15, -0.1) is 0 Å². The normalized spacial score (nSPS) is 20.6. The number of hydrogen-bond donors (Lipinski definition) is 0. The molecule has 3 atom stereocenters. The quantitative estimate of drug-likeness (QED) is 0.302. The number of ether oxygens (including phenoxy) is 5. The molecule has 1 aliphatic carbocycles. The van der Waals surface area contributed by atoms with Crippen LogP contribution >= 0.6 is 15.9 Å². The van der Waals surface area contributed by atoms with Crippen molar-refractivity contribution in [3.63, 3.8) is 0 Å². The van der Waals surface area contributed by atoms with Crippen LogP contribution in [0, 0.1) is 5.92 Å². The van der Waals surface area contributed by atoms with Gasteiger partial charge in [-0.25, -0.2) is 4.79 Å². The number of fused-ring (bicyclic) bond motifs is 1. The number of nitrogens with zero attached hydrogens (tertiary/aromatic N) is 1. The maximum absolute atomic E-state index is 14.0. The summed E-state index contributed by atoms with van der Waals surface area (Å²) in [7, 11) is 4.76. The van der Waals surface area contributed by atoms with Gasteiger partial charge in [0.1, 0.15) is 5.78 Å². The van der Waals surface area contributed by atoms with E-state index in [-0.39, 0.29) is 17.8 Å². The van der Waals surface area contributed by atoms with Crippen molar-refractivity contribution in [3.05, 3.63) is 57.2 Å². The van der Waals surface area contributed by atoms with Crippen molar-refractivity contribution >= 4 is 33.4 Å². The molecule has 8 nitrogen and oxygen atoms in total. The predicted molar refractivity (Wildman–Crippen MR) is 156 cm³/mol. The van der Waals surface area contributed by atoms with Crippen LogP contribution in [0.5, 0.6) is 23.0 Å². The molecule has 0 radical (unpaired) electrons. The van der Waals surface area contributed by atoms with Crippen molar-refractivity contribution in [2.75, 3.05) is 27.9 Å². The van der Waals surface area contributed by atoms with Crippen molar-refractivity contribution < 1.29 is 33.3 Å². The Kier molecular flexibility index (Phi) is 9.23. The molecule has 9 heteroatoms. The molecule has 2 aliphatic rings. The Morgan fingerprint density at radius 2 is 1.68 bits per heavy atom. The first-order valence-corrected chi connectivity index (χ1v) is 14.2. The molecule has 1 fully saturated rings. The molecule has 4 rings (SSSR count). The highest BCUT2D eigenvalue weighted by atomic mass is 79.9. The van der Waals surface area contributed by atoms with Gasteiger partial charge in [0.15, 0.2) is 23.0 Å². The molecule has 40 heavy (non-hydrogen) atoms. The molecule has 1 unspecified atom stereocenters. The number of rotatable bonds is 9. The number of hydrogen-bond acceptors (Lipinski definition) is 8. The number of benzene rings is 2. The lowest BCUT2D eigenvalue weighted by Crippen LogP contribution is -2.41. The van der Waals surface area contributed by atoms with Gasteiger partial charge in [0.05, 0.1) is 50.0 Å². The zero-order chi connectivity index (χ0) is 29.1. The number of ketones is 1. The van der Waals surface area contributed by atoms with Gasteiger partial charge in [-0.1, -0.05) is 6.07 Å². The first-order chi connectivity index (χ1) is 19.1. The van der Waals surface area contributed by atoms with Crippen LogP contribution < -0.4 is 18.9 Å². The highest BCUT2D eigenvalue weighted by Gasteiger charge is 2.46. The standard InChI is InChI=1S/C31H36BrNO7/c1-8-39-26-15-20(11-21(32)30(26)38-7)28-27(31(35)40-16(2)3)17(4)33-22-12-19(13-23(34)29(22)28)18-9-10-24(36-5)25(14-18)37-6/h9-11,14-16,19,28-29H,8,12-13H2,1-7H3/t19-,28-,29?/m1/s1. The molecular weight excluding hydrogens is 578 g/mol. The van der Waals surface area contributed by atoms with Gasteiger partial charge < -0.3 is 23.7 Å². The predicted octanol–water partition coefficient (Wildman–Crippen LogP) is 6.40. The van der Waals surface area contributed by atoms with E-state index >= 15 is 0 Å². The molecule has 0 saturated heterocycles. The zero-order valence-electron chi connectivity index (χ0n) is 24.0. The highest BCUT2D eigenvalue weighted by Crippen LogP contribution is 2.49. The first kappa shape index (κ1) is 29.6. The lowest BCUT2D eigenvalue weighted by atomic mass is 9.66. The van der Waals surface area contributed by atoms with Gasteiger partial charge in [0.25, 0.3) is 0 Å². The van der Waals surface area contributed by atoms with Gasteiger partial charge in [0.2, 0.25) is 0 Å². The average Bonchev–Trinajstić information content (AvgIpc) is 2.91. The molecule has 0 N–H and O–H groups in total. The van der Waals surface area contributed by atoms with Crippen molar-refractivity contribution in [3.8, 4) is 23.0 Å². The number of carbonyl (C=O) groups excluding carboxylic acids is 2. The largest absolute Gasteiger partial charge is 0.493 e. The Morgan fingerprint density at radius 3 is 2.30 bits per heavy atom. The fourth-order valence-electron chi connectivity index (χ4n) is 5.65. The molecule has 1 aliphatic heterocycles. The van der Waals surface area contributed by atoms with Gasteiger partial charge in [-0.3, -0.25) is 9.79 Å². The van der Waals surface area contributed by atoms with Crippen LogP contribution in [-0.2, 0) is 14.3 Å². The maximum atomic E-state index is 14.0. The highest BCUT2D eigenvalue weighted by molar-refractivity contribution is 9.10. The number of allylic oxidation sites excluding steroid dienone is 1. The van der Waals surface area contributed by atoms with E-state index in [9.17, 15) is 9.59 Å². The van der Waals surface area contributed by atoms with Gasteiger partial charge in [-0.05, 0) is 91.4 Å². The minimum atomic E-state index is -0.607. The number of carbonyl (C=O) groups is 2. The van der Waals surface area contributed by atoms with Crippen LogP contribution in [0.4, 0.5) is 0 Å². The van der Waals surface area contributed by atoms with E-state index in [0.717, 1.165) is 16.8 Å². The summed E-state index contributed by atoms with van der Waals surface area (Å²) in [5.74, 6) is 0.583. The fourth-order valence-corrected chi connectivity index (χ4v) is 6.27. The number of aliphatic imine (C=N–C) groups is 1. The van der Waals surface area contributed by atoms with E-state index in [2.05, 4.69) is 15.9 Å². The third kappa shape index (κ3) is 5.75. The first-order valence-electron chi connectivity index (χ1n) is 13.4. The summed E-state index contributed by atoms with van der Waals surface area (Å²) in [6, 6.07) is 9.47. The lowest BCUT2D eigenvalue weighted by molar-refractivity contribution is -0.143. The summed E-state index contributed by atoms with van der Waals surface area (Å²) in [4.78, 5) is 32.3. The summed E-state index contributed by atoms with van der Waals surface area (Å²) >= 11 is 3.60. The molecule has 1 heterocycles. The van der Waals surface area contributed by atoms with Crippen LogP contribution in [0.15, 0.2) is 51.1 Å². The van der Waals surface area contributed by atoms with E-state index in [0.29, 0.717) is 58.2 Å². The minimum absolute atomic E-state index is 0.0158. The number of halogens is 1. The third-order valence-electron chi connectivity index (χ3n) is 7.29. The second-order valence-electron chi connectivity index (χ2n) is 10.2. The van der Waals surface area contributed by atoms with Crippen LogP contribution in [0.1, 0.15) is 63.5 Å². The van der Waals surface area contributed by atoms with Gasteiger partial charge in [-0.2, -0.15) is 0 Å². The summed E-state index contributed by atoms with van der Waals surface area (Å²) in [6.07, 6.45) is 0.551. The Labute approximate surface area is 243 Å². The summed E-state index contributed by atoms with van der Waals surface area (Å²) in [5.41, 5.74) is 3.42. The van der Waals surface area contributed by atoms with E-state index in [1.807, 2.05) is 37.3 Å². The summed E-state index contributed by atoms with van der Waals surface area (Å²) in [6.45, 7) is 7.73. The second-order valence-corrected chi connectivity index (χ2v) is 11.0. The average molecular weight is 615 g/mol. The van der Waals surface area contributed by atoms with E-state index in [1.165, 1.54) is 0 Å². The Bertz CT molecular complexity index is 1360. The van der Waals surface area contributed by atoms with Crippen LogP contribution in [0.25, 0.3) is 0 Å². The summed E-state index contributed by atoms with van der Waals surface area (Å²) < 4.78 is 28.6. The van der Waals surface area contributed by atoms with Crippen LogP contribution in [0.3, 0.4) is 0 Å². The Balaban J connectivity index is 1.83. The summed E-state index contributed by atoms with van der Waals surface area (Å²) in [5, 5.41) is 0. The smallest absolute Gasteiger partial charge is 0.336 e. The van der Waals surface area contributed by atoms with E-state index in [1.54, 1.807) is 42.1 Å². The van der Waals surface area contributed by atoms with Gasteiger partial charge in [0, 0.05) is 23.7 Å². The Morgan fingerprint density at radius 1 is 0.975 bits per heavy atom. The lowest BCUT2D eigenvalue weighted by Gasteiger charge is -2.38. The van der Waals surface area contributed by atoms with E-state index < -0.39 is 17.8 Å². The zero-order valence-corrected chi connectivity index (χ0v) is 25.6. The Hall–Kier alpha value is -3.33. The third-order valence-corrected chi connectivity index (χ3v) is 7.88. The fraction of sp³-hybridized carbons (Fsp3) is 0.452. The number of methoxy groups -OCH3 is 3. The molecule has 0 amide bonds.